The molecule has 1 N–H and O–H groups in total. The van der Waals surface area contributed by atoms with E-state index in [9.17, 15) is 9.90 Å². The number of carbonyl (C=O) groups is 1. The van der Waals surface area contributed by atoms with Crippen molar-refractivity contribution in [1.29, 1.82) is 0 Å². The van der Waals surface area contributed by atoms with Gasteiger partial charge in [-0.2, -0.15) is 0 Å². The fourth-order valence-electron chi connectivity index (χ4n) is 2.24. The summed E-state index contributed by atoms with van der Waals surface area (Å²) in [7, 11) is 0. The van der Waals surface area contributed by atoms with Gasteiger partial charge in [0.25, 0.3) is 0 Å². The van der Waals surface area contributed by atoms with E-state index < -0.39 is 11.5 Å². The number of hydrogen-bond acceptors (Lipinski definition) is 3. The second-order valence-electron chi connectivity index (χ2n) is 5.05. The molecule has 86 valence electrons. The van der Waals surface area contributed by atoms with E-state index in [-0.39, 0.29) is 18.0 Å². The van der Waals surface area contributed by atoms with Crippen molar-refractivity contribution in [2.24, 2.45) is 11.3 Å². The van der Waals surface area contributed by atoms with E-state index in [1.165, 1.54) is 6.92 Å². The van der Waals surface area contributed by atoms with Crippen molar-refractivity contribution in [2.45, 2.75) is 46.3 Å². The molecule has 0 spiro atoms. The second-order valence-corrected chi connectivity index (χ2v) is 5.05. The molecule has 15 heavy (non-hydrogen) atoms. The van der Waals surface area contributed by atoms with Gasteiger partial charge in [-0.05, 0) is 13.3 Å². The Hall–Kier alpha value is -0.830. The highest BCUT2D eigenvalue weighted by Gasteiger charge is 2.50. The molecule has 3 nitrogen and oxygen atoms in total. The normalized spacial score (nSPS) is 33.8. The molecule has 0 saturated heterocycles. The largest absolute Gasteiger partial charge is 0.462 e. The molecule has 0 aromatic carbocycles. The molecule has 0 aromatic heterocycles. The molecule has 1 aliphatic carbocycles. The highest BCUT2D eigenvalue weighted by Crippen LogP contribution is 2.45. The number of aliphatic hydroxyl groups is 1. The highest BCUT2D eigenvalue weighted by molar-refractivity contribution is 5.66. The summed E-state index contributed by atoms with van der Waals surface area (Å²) in [4.78, 5) is 10.9. The van der Waals surface area contributed by atoms with Gasteiger partial charge in [-0.15, -0.1) is 0 Å². The highest BCUT2D eigenvalue weighted by atomic mass is 16.5. The first-order valence-corrected chi connectivity index (χ1v) is 5.27. The zero-order valence-electron chi connectivity index (χ0n) is 9.91. The van der Waals surface area contributed by atoms with Gasteiger partial charge in [0.05, 0.1) is 6.10 Å². The van der Waals surface area contributed by atoms with Gasteiger partial charge < -0.3 is 9.84 Å². The predicted octanol–water partition coefficient (Wildman–Crippen LogP) is 1.90. The van der Waals surface area contributed by atoms with Crippen LogP contribution in [0.2, 0.25) is 0 Å². The quantitative estimate of drug-likeness (QED) is 0.561. The fourth-order valence-corrected chi connectivity index (χ4v) is 2.24. The van der Waals surface area contributed by atoms with E-state index in [1.54, 1.807) is 0 Å². The second kappa shape index (κ2) is 3.97. The van der Waals surface area contributed by atoms with Crippen LogP contribution in [0.5, 0.6) is 0 Å². The molecule has 1 saturated carbocycles. The lowest BCUT2D eigenvalue weighted by molar-refractivity contribution is -0.152. The average molecular weight is 212 g/mol. The Bertz CT molecular complexity index is 281. The van der Waals surface area contributed by atoms with Crippen LogP contribution < -0.4 is 0 Å². The molecule has 3 heteroatoms. The van der Waals surface area contributed by atoms with Gasteiger partial charge in [0.2, 0.25) is 0 Å². The lowest BCUT2D eigenvalue weighted by atomic mass is 9.84. The number of carbonyl (C=O) groups excluding carboxylic acids is 1. The summed E-state index contributed by atoms with van der Waals surface area (Å²) >= 11 is 0. The van der Waals surface area contributed by atoms with Crippen LogP contribution in [0.4, 0.5) is 0 Å². The van der Waals surface area contributed by atoms with Crippen LogP contribution in [0, 0.1) is 11.3 Å². The number of ether oxygens (including phenoxy) is 1. The van der Waals surface area contributed by atoms with Gasteiger partial charge in [-0.1, -0.05) is 26.0 Å². The molecule has 0 aliphatic heterocycles. The van der Waals surface area contributed by atoms with Crippen molar-refractivity contribution < 1.29 is 14.6 Å². The maximum Gasteiger partial charge on any atom is 0.302 e. The minimum absolute atomic E-state index is 0.0318. The summed E-state index contributed by atoms with van der Waals surface area (Å²) in [6.45, 7) is 11.0. The molecule has 1 rings (SSSR count). The molecule has 0 amide bonds. The zero-order valence-corrected chi connectivity index (χ0v) is 9.91. The van der Waals surface area contributed by atoms with E-state index in [1.807, 2.05) is 20.8 Å². The molecule has 0 aromatic rings. The lowest BCUT2D eigenvalue weighted by Gasteiger charge is -2.30. The van der Waals surface area contributed by atoms with Crippen LogP contribution in [0.15, 0.2) is 12.2 Å². The Kier molecular flexibility index (Phi) is 3.24. The molecule has 0 unspecified atom stereocenters. The SMILES string of the molecule is C=C(C)[C@@H]1C[C@H](OC(C)=O)C(C)(C)[C@@H]1O. The Balaban J connectivity index is 2.84. The summed E-state index contributed by atoms with van der Waals surface area (Å²) in [5.74, 6) is -0.257. The van der Waals surface area contributed by atoms with Crippen LogP contribution >= 0.6 is 0 Å². The van der Waals surface area contributed by atoms with Crippen molar-refractivity contribution in [3.05, 3.63) is 12.2 Å². The molecule has 0 bridgehead atoms. The van der Waals surface area contributed by atoms with Crippen molar-refractivity contribution in [2.75, 3.05) is 0 Å². The number of hydrogen-bond donors (Lipinski definition) is 1. The van der Waals surface area contributed by atoms with Crippen LogP contribution in [0.3, 0.4) is 0 Å². The standard InChI is InChI=1S/C12H20O3/c1-7(2)9-6-10(15-8(3)13)12(4,5)11(9)14/h9-11,14H,1,6H2,2-5H3/t9-,10-,11+/m0/s1. The summed E-state index contributed by atoms with van der Waals surface area (Å²) in [5, 5.41) is 10.1. The topological polar surface area (TPSA) is 46.5 Å². The minimum Gasteiger partial charge on any atom is -0.462 e. The maximum atomic E-state index is 10.9. The van der Waals surface area contributed by atoms with Crippen LogP contribution in [-0.4, -0.2) is 23.3 Å². The van der Waals surface area contributed by atoms with Gasteiger partial charge in [-0.3, -0.25) is 4.79 Å². The van der Waals surface area contributed by atoms with Crippen LogP contribution in [-0.2, 0) is 9.53 Å². The molecule has 0 heterocycles. The molecule has 3 atom stereocenters. The van der Waals surface area contributed by atoms with E-state index in [0.717, 1.165) is 5.57 Å². The van der Waals surface area contributed by atoms with E-state index in [2.05, 4.69) is 6.58 Å². The minimum atomic E-state index is -0.487. The van der Waals surface area contributed by atoms with E-state index in [4.69, 9.17) is 4.74 Å². The summed E-state index contributed by atoms with van der Waals surface area (Å²) in [5.41, 5.74) is 0.556. The molecule has 1 aliphatic rings. The Morgan fingerprint density at radius 1 is 1.47 bits per heavy atom. The van der Waals surface area contributed by atoms with Crippen LogP contribution in [0.1, 0.15) is 34.1 Å². The van der Waals surface area contributed by atoms with Crippen molar-refractivity contribution in [1.82, 2.24) is 0 Å². The number of esters is 1. The van der Waals surface area contributed by atoms with Gasteiger partial charge in [0.1, 0.15) is 6.10 Å². The van der Waals surface area contributed by atoms with Crippen molar-refractivity contribution >= 4 is 5.97 Å². The molecule has 0 radical (unpaired) electrons. The predicted molar refractivity (Wildman–Crippen MR) is 58.3 cm³/mol. The Morgan fingerprint density at radius 2 is 2.00 bits per heavy atom. The zero-order chi connectivity index (χ0) is 11.8. The molecular weight excluding hydrogens is 192 g/mol. The monoisotopic (exact) mass is 212 g/mol. The maximum absolute atomic E-state index is 10.9. The van der Waals surface area contributed by atoms with Gasteiger partial charge in [0.15, 0.2) is 0 Å². The van der Waals surface area contributed by atoms with Crippen molar-refractivity contribution in [3.8, 4) is 0 Å². The van der Waals surface area contributed by atoms with Gasteiger partial charge in [-0.25, -0.2) is 0 Å². The van der Waals surface area contributed by atoms with Gasteiger partial charge in [0, 0.05) is 18.3 Å². The van der Waals surface area contributed by atoms with E-state index >= 15 is 0 Å². The lowest BCUT2D eigenvalue weighted by Crippen LogP contribution is -2.36. The number of rotatable bonds is 2. The summed E-state index contributed by atoms with van der Waals surface area (Å²) in [6.07, 6.45) is -0.0330. The smallest absolute Gasteiger partial charge is 0.302 e. The van der Waals surface area contributed by atoms with Gasteiger partial charge >= 0.3 is 5.97 Å². The Morgan fingerprint density at radius 3 is 2.33 bits per heavy atom. The van der Waals surface area contributed by atoms with E-state index in [0.29, 0.717) is 6.42 Å². The first kappa shape index (κ1) is 12.2. The fraction of sp³-hybridized carbons (Fsp3) is 0.750. The molecular formula is C12H20O3. The summed E-state index contributed by atoms with van der Waals surface area (Å²) in [6, 6.07) is 0. The van der Waals surface area contributed by atoms with Crippen LogP contribution in [0.25, 0.3) is 0 Å². The third-order valence-electron chi connectivity index (χ3n) is 3.38. The third-order valence-corrected chi connectivity index (χ3v) is 3.38. The first-order chi connectivity index (χ1) is 6.76. The number of aliphatic hydroxyl groups excluding tert-OH is 1. The summed E-state index contributed by atoms with van der Waals surface area (Å²) < 4.78 is 5.24. The first-order valence-electron chi connectivity index (χ1n) is 5.27. The third kappa shape index (κ3) is 2.23. The molecule has 1 fully saturated rings. The Labute approximate surface area is 91.1 Å². The van der Waals surface area contributed by atoms with Crippen molar-refractivity contribution in [3.63, 3.8) is 0 Å². The average Bonchev–Trinajstić information content (AvgIpc) is 2.28.